The number of benzene rings is 1. The molecule has 0 atom stereocenters. The summed E-state index contributed by atoms with van der Waals surface area (Å²) < 4.78 is 0. The molecule has 2 rings (SSSR count). The topological polar surface area (TPSA) is 30.0 Å². The molecule has 0 saturated heterocycles. The molecule has 0 N–H and O–H groups in total. The van der Waals surface area contributed by atoms with Crippen molar-refractivity contribution in [3.8, 4) is 0 Å². The third kappa shape index (κ3) is 1.52. The molecule has 0 aliphatic carbocycles. The van der Waals surface area contributed by atoms with Crippen LogP contribution in [0.1, 0.15) is 28.5 Å². The highest BCUT2D eigenvalue weighted by Crippen LogP contribution is 2.23. The van der Waals surface area contributed by atoms with Gasteiger partial charge in [-0.2, -0.15) is 0 Å². The molecule has 0 aliphatic heterocycles. The van der Waals surface area contributed by atoms with Crippen LogP contribution in [0.2, 0.25) is 0 Å². The number of carbonyl (C=O) groups excluding carboxylic acids is 1. The predicted octanol–water partition coefficient (Wildman–Crippen LogP) is 3.05. The number of hydrogen-bond donors (Lipinski definition) is 0. The van der Waals surface area contributed by atoms with Crippen LogP contribution in [0.25, 0.3) is 10.8 Å². The monoisotopic (exact) mass is 199 g/mol. The molecule has 1 heterocycles. The van der Waals surface area contributed by atoms with Gasteiger partial charge in [-0.1, -0.05) is 12.1 Å². The number of nitrogens with zero attached hydrogens (tertiary/aromatic N) is 1. The lowest BCUT2D eigenvalue weighted by molar-refractivity contribution is 0.101. The van der Waals surface area contributed by atoms with Crippen LogP contribution in [-0.2, 0) is 0 Å². The number of fused-ring (bicyclic) bond motifs is 1. The number of Topliss-reactive ketones (excluding diaryl/α,β-unsaturated/α-hetero) is 1. The van der Waals surface area contributed by atoms with Gasteiger partial charge in [-0.05, 0) is 37.8 Å². The summed E-state index contributed by atoms with van der Waals surface area (Å²) in [4.78, 5) is 15.8. The molecule has 0 aliphatic rings. The molecular formula is C13H13NO. The molecule has 0 spiro atoms. The zero-order chi connectivity index (χ0) is 11.0. The van der Waals surface area contributed by atoms with Crippen LogP contribution in [0.15, 0.2) is 24.4 Å². The average molecular weight is 199 g/mol. The number of aryl methyl sites for hydroxylation is 2. The largest absolute Gasteiger partial charge is 0.294 e. The molecule has 1 aromatic carbocycles. The van der Waals surface area contributed by atoms with Crippen molar-refractivity contribution in [2.75, 3.05) is 0 Å². The van der Waals surface area contributed by atoms with Gasteiger partial charge in [0, 0.05) is 22.8 Å². The van der Waals surface area contributed by atoms with Crippen LogP contribution < -0.4 is 0 Å². The Kier molecular flexibility index (Phi) is 2.27. The molecule has 0 amide bonds. The van der Waals surface area contributed by atoms with Gasteiger partial charge in [-0.3, -0.25) is 9.78 Å². The van der Waals surface area contributed by atoms with Gasteiger partial charge in [0.15, 0.2) is 5.78 Å². The first kappa shape index (κ1) is 9.84. The van der Waals surface area contributed by atoms with E-state index >= 15 is 0 Å². The Balaban J connectivity index is 2.94. The summed E-state index contributed by atoms with van der Waals surface area (Å²) in [5.74, 6) is 0.115. The van der Waals surface area contributed by atoms with E-state index in [0.29, 0.717) is 0 Å². The lowest BCUT2D eigenvalue weighted by Crippen LogP contribution is -1.98. The second-order valence-electron chi connectivity index (χ2n) is 3.81. The van der Waals surface area contributed by atoms with Crippen molar-refractivity contribution in [2.45, 2.75) is 20.8 Å². The second-order valence-corrected chi connectivity index (χ2v) is 3.81. The minimum atomic E-state index is 0.115. The predicted molar refractivity (Wildman–Crippen MR) is 61.2 cm³/mol. The maximum absolute atomic E-state index is 11.6. The Labute approximate surface area is 89.0 Å². The van der Waals surface area contributed by atoms with Gasteiger partial charge in [0.2, 0.25) is 0 Å². The number of carbonyl (C=O) groups is 1. The second kappa shape index (κ2) is 3.46. The summed E-state index contributed by atoms with van der Waals surface area (Å²) in [6.45, 7) is 5.53. The highest BCUT2D eigenvalue weighted by atomic mass is 16.1. The molecule has 76 valence electrons. The zero-order valence-corrected chi connectivity index (χ0v) is 9.16. The molecule has 0 fully saturated rings. The Hall–Kier alpha value is -1.70. The lowest BCUT2D eigenvalue weighted by atomic mass is 9.97. The molecule has 2 aromatic rings. The summed E-state index contributed by atoms with van der Waals surface area (Å²) in [6.07, 6.45) is 1.75. The van der Waals surface area contributed by atoms with E-state index in [9.17, 15) is 4.79 Å². The Morgan fingerprint density at radius 1 is 1.13 bits per heavy atom. The van der Waals surface area contributed by atoms with E-state index in [1.54, 1.807) is 13.1 Å². The van der Waals surface area contributed by atoms with E-state index in [-0.39, 0.29) is 5.78 Å². The Morgan fingerprint density at radius 2 is 1.87 bits per heavy atom. The third-order valence-corrected chi connectivity index (χ3v) is 2.71. The minimum Gasteiger partial charge on any atom is -0.294 e. The van der Waals surface area contributed by atoms with E-state index in [2.05, 4.69) is 4.98 Å². The van der Waals surface area contributed by atoms with Gasteiger partial charge in [0.25, 0.3) is 0 Å². The average Bonchev–Trinajstić information content (AvgIpc) is 2.17. The van der Waals surface area contributed by atoms with Crippen molar-refractivity contribution in [3.05, 3.63) is 41.2 Å². The van der Waals surface area contributed by atoms with Crippen molar-refractivity contribution >= 4 is 16.6 Å². The molecule has 15 heavy (non-hydrogen) atoms. The number of rotatable bonds is 1. The fraction of sp³-hybridized carbons (Fsp3) is 0.231. The zero-order valence-electron chi connectivity index (χ0n) is 9.16. The first-order chi connectivity index (χ1) is 7.11. The molecular weight excluding hydrogens is 186 g/mol. The van der Waals surface area contributed by atoms with Crippen LogP contribution in [0.3, 0.4) is 0 Å². The van der Waals surface area contributed by atoms with Gasteiger partial charge in [0.05, 0.1) is 0 Å². The van der Waals surface area contributed by atoms with Crippen molar-refractivity contribution in [2.24, 2.45) is 0 Å². The van der Waals surface area contributed by atoms with E-state index < -0.39 is 0 Å². The minimum absolute atomic E-state index is 0.115. The summed E-state index contributed by atoms with van der Waals surface area (Å²) in [5.41, 5.74) is 2.81. The summed E-state index contributed by atoms with van der Waals surface area (Å²) >= 11 is 0. The maximum atomic E-state index is 11.6. The number of pyridine rings is 1. The number of aromatic nitrogens is 1. The number of hydrogen-bond acceptors (Lipinski definition) is 2. The van der Waals surface area contributed by atoms with Gasteiger partial charge >= 0.3 is 0 Å². The van der Waals surface area contributed by atoms with E-state index in [4.69, 9.17) is 0 Å². The van der Waals surface area contributed by atoms with Gasteiger partial charge < -0.3 is 0 Å². The normalized spacial score (nSPS) is 10.6. The highest BCUT2D eigenvalue weighted by Gasteiger charge is 2.09. The van der Waals surface area contributed by atoms with E-state index in [1.807, 2.05) is 32.0 Å². The molecule has 0 radical (unpaired) electrons. The van der Waals surface area contributed by atoms with Crippen molar-refractivity contribution in [3.63, 3.8) is 0 Å². The maximum Gasteiger partial charge on any atom is 0.160 e. The smallest absolute Gasteiger partial charge is 0.160 e. The van der Waals surface area contributed by atoms with Crippen molar-refractivity contribution in [1.82, 2.24) is 4.98 Å². The molecule has 0 saturated carbocycles. The lowest BCUT2D eigenvalue weighted by Gasteiger charge is -2.08. The molecule has 1 aromatic heterocycles. The quantitative estimate of drug-likeness (QED) is 0.661. The first-order valence-corrected chi connectivity index (χ1v) is 4.97. The van der Waals surface area contributed by atoms with Gasteiger partial charge in [-0.15, -0.1) is 0 Å². The fourth-order valence-corrected chi connectivity index (χ4v) is 1.98. The summed E-state index contributed by atoms with van der Waals surface area (Å²) in [5, 5.41) is 2.07. The molecule has 0 unspecified atom stereocenters. The van der Waals surface area contributed by atoms with Crippen LogP contribution in [-0.4, -0.2) is 10.8 Å². The third-order valence-electron chi connectivity index (χ3n) is 2.71. The van der Waals surface area contributed by atoms with Crippen LogP contribution in [0.4, 0.5) is 0 Å². The van der Waals surface area contributed by atoms with E-state index in [1.165, 1.54) is 0 Å². The molecule has 2 heteroatoms. The molecule has 2 nitrogen and oxygen atoms in total. The highest BCUT2D eigenvalue weighted by molar-refractivity contribution is 6.08. The standard InChI is InChI=1S/C13H13NO/c1-8-4-5-11-9(2)14-7-6-12(11)13(8)10(3)15/h4-7H,1-3H3. The van der Waals surface area contributed by atoms with Crippen molar-refractivity contribution < 1.29 is 4.79 Å². The van der Waals surface area contributed by atoms with Gasteiger partial charge in [0.1, 0.15) is 0 Å². The molecule has 0 bridgehead atoms. The Morgan fingerprint density at radius 3 is 2.53 bits per heavy atom. The van der Waals surface area contributed by atoms with E-state index in [0.717, 1.165) is 27.6 Å². The number of ketones is 1. The van der Waals surface area contributed by atoms with Crippen LogP contribution in [0, 0.1) is 13.8 Å². The van der Waals surface area contributed by atoms with Gasteiger partial charge in [-0.25, -0.2) is 0 Å². The first-order valence-electron chi connectivity index (χ1n) is 4.97. The summed E-state index contributed by atoms with van der Waals surface area (Å²) in [6, 6.07) is 5.92. The fourth-order valence-electron chi connectivity index (χ4n) is 1.98. The SMILES string of the molecule is CC(=O)c1c(C)ccc2c(C)nccc12. The summed E-state index contributed by atoms with van der Waals surface area (Å²) in [7, 11) is 0. The van der Waals surface area contributed by atoms with Crippen LogP contribution >= 0.6 is 0 Å². The Bertz CT molecular complexity index is 543. The van der Waals surface area contributed by atoms with Crippen LogP contribution in [0.5, 0.6) is 0 Å². The van der Waals surface area contributed by atoms with Crippen molar-refractivity contribution in [1.29, 1.82) is 0 Å².